The van der Waals surface area contributed by atoms with Crippen LogP contribution in [-0.4, -0.2) is 11.7 Å². The van der Waals surface area contributed by atoms with Gasteiger partial charge in [-0.15, -0.1) is 0 Å². The maximum Gasteiger partial charge on any atom is 0.117 e. The summed E-state index contributed by atoms with van der Waals surface area (Å²) in [6.07, 6.45) is 0. The Balaban J connectivity index is 4.52. The van der Waals surface area contributed by atoms with E-state index in [1.807, 2.05) is 27.7 Å². The second-order valence-corrected chi connectivity index (χ2v) is 3.64. The molecule has 0 atom stereocenters. The van der Waals surface area contributed by atoms with E-state index in [9.17, 15) is 5.11 Å². The molecule has 0 amide bonds. The van der Waals surface area contributed by atoms with Crippen molar-refractivity contribution in [2.45, 2.75) is 27.7 Å². The van der Waals surface area contributed by atoms with Crippen molar-refractivity contribution in [3.05, 3.63) is 11.3 Å². The molecule has 0 aromatic rings. The number of hydrogen-bond acceptors (Lipinski definition) is 3. The highest BCUT2D eigenvalue weighted by molar-refractivity contribution is 5.12. The summed E-state index contributed by atoms with van der Waals surface area (Å²) in [6, 6.07) is 0. The van der Waals surface area contributed by atoms with E-state index in [1.54, 1.807) is 0 Å². The first-order valence-corrected chi connectivity index (χ1v) is 3.62. The number of rotatable bonds is 2. The van der Waals surface area contributed by atoms with Crippen LogP contribution in [0.2, 0.25) is 0 Å². The lowest BCUT2D eigenvalue weighted by Gasteiger charge is -2.20. The van der Waals surface area contributed by atoms with Crippen LogP contribution >= 0.6 is 0 Å². The van der Waals surface area contributed by atoms with Crippen molar-refractivity contribution >= 4 is 0 Å². The van der Waals surface area contributed by atoms with E-state index in [0.717, 1.165) is 5.57 Å². The molecule has 0 aliphatic carbocycles. The van der Waals surface area contributed by atoms with E-state index >= 15 is 0 Å². The fourth-order valence-electron chi connectivity index (χ4n) is 0.626. The lowest BCUT2D eigenvalue weighted by Crippen LogP contribution is -2.10. The third kappa shape index (κ3) is 3.16. The average molecular weight is 156 g/mol. The van der Waals surface area contributed by atoms with Gasteiger partial charge in [-0.05, 0) is 17.9 Å². The van der Waals surface area contributed by atoms with Gasteiger partial charge in [0, 0.05) is 0 Å². The maximum atomic E-state index is 9.32. The van der Waals surface area contributed by atoms with E-state index in [-0.39, 0.29) is 17.7 Å². The number of allylic oxidation sites excluding steroid dienone is 1. The van der Waals surface area contributed by atoms with Crippen molar-refractivity contribution in [3.63, 3.8) is 0 Å². The molecule has 0 unspecified atom stereocenters. The standard InChI is InChI=1S/C8H16N2O/c1-6(8(2,3)4)7(11)5-10-9/h9,11H,5H2,1-4H3. The number of nitrogens with zero attached hydrogens (tertiary/aromatic N) is 1. The van der Waals surface area contributed by atoms with Crippen molar-refractivity contribution in [1.82, 2.24) is 0 Å². The van der Waals surface area contributed by atoms with Crippen LogP contribution < -0.4 is 0 Å². The Hall–Kier alpha value is -0.860. The van der Waals surface area contributed by atoms with Crippen molar-refractivity contribution in [1.29, 1.82) is 5.53 Å². The van der Waals surface area contributed by atoms with Gasteiger partial charge < -0.3 is 5.11 Å². The minimum absolute atomic E-state index is 0.0330. The van der Waals surface area contributed by atoms with Crippen molar-refractivity contribution < 1.29 is 5.11 Å². The van der Waals surface area contributed by atoms with E-state index < -0.39 is 0 Å². The molecule has 11 heavy (non-hydrogen) atoms. The summed E-state index contributed by atoms with van der Waals surface area (Å²) in [4.78, 5) is 0. The van der Waals surface area contributed by atoms with Crippen LogP contribution in [0.4, 0.5) is 0 Å². The van der Waals surface area contributed by atoms with Gasteiger partial charge in [0.25, 0.3) is 0 Å². The molecule has 0 saturated heterocycles. The summed E-state index contributed by atoms with van der Waals surface area (Å²) < 4.78 is 0. The smallest absolute Gasteiger partial charge is 0.117 e. The molecule has 0 radical (unpaired) electrons. The third-order valence-electron chi connectivity index (χ3n) is 1.79. The minimum atomic E-state index is -0.0330. The molecule has 3 heteroatoms. The van der Waals surface area contributed by atoms with E-state index in [0.29, 0.717) is 0 Å². The fourth-order valence-corrected chi connectivity index (χ4v) is 0.626. The second kappa shape index (κ2) is 3.51. The lowest BCUT2D eigenvalue weighted by atomic mass is 9.87. The Bertz CT molecular complexity index is 177. The predicted octanol–water partition coefficient (Wildman–Crippen LogP) is 2.90. The molecule has 2 N–H and O–H groups in total. The number of aliphatic hydroxyl groups excluding tert-OH is 1. The summed E-state index contributed by atoms with van der Waals surface area (Å²) in [5.41, 5.74) is 7.43. The molecule has 0 fully saturated rings. The SMILES string of the molecule is CC(=C(O)CN=N)C(C)(C)C. The topological polar surface area (TPSA) is 56.4 Å². The molecule has 0 aliphatic rings. The van der Waals surface area contributed by atoms with E-state index in [2.05, 4.69) is 5.11 Å². The van der Waals surface area contributed by atoms with Gasteiger partial charge in [-0.1, -0.05) is 20.8 Å². The molecule has 3 nitrogen and oxygen atoms in total. The largest absolute Gasteiger partial charge is 0.510 e. The highest BCUT2D eigenvalue weighted by atomic mass is 16.3. The van der Waals surface area contributed by atoms with Gasteiger partial charge in [-0.3, -0.25) is 0 Å². The summed E-state index contributed by atoms with van der Waals surface area (Å²) in [6.45, 7) is 8.01. The van der Waals surface area contributed by atoms with Crippen molar-refractivity contribution in [2.75, 3.05) is 6.54 Å². The molecule has 0 aliphatic heterocycles. The number of nitrogens with one attached hydrogen (secondary N) is 1. The minimum Gasteiger partial charge on any atom is -0.510 e. The van der Waals surface area contributed by atoms with Gasteiger partial charge in [0.05, 0.1) is 0 Å². The summed E-state index contributed by atoms with van der Waals surface area (Å²) in [5.74, 6) is 0.215. The Labute approximate surface area is 67.6 Å². The highest BCUT2D eigenvalue weighted by Crippen LogP contribution is 2.26. The van der Waals surface area contributed by atoms with Crippen LogP contribution in [0.5, 0.6) is 0 Å². The van der Waals surface area contributed by atoms with Crippen LogP contribution in [0, 0.1) is 10.9 Å². The van der Waals surface area contributed by atoms with E-state index in [1.165, 1.54) is 0 Å². The van der Waals surface area contributed by atoms with Crippen LogP contribution in [0.25, 0.3) is 0 Å². The fraction of sp³-hybridized carbons (Fsp3) is 0.750. The Morgan fingerprint density at radius 1 is 1.45 bits per heavy atom. The molecule has 0 rings (SSSR count). The van der Waals surface area contributed by atoms with Crippen LogP contribution in [0.1, 0.15) is 27.7 Å². The maximum absolute atomic E-state index is 9.32. The summed E-state index contributed by atoms with van der Waals surface area (Å²) >= 11 is 0. The van der Waals surface area contributed by atoms with Gasteiger partial charge >= 0.3 is 0 Å². The zero-order valence-corrected chi connectivity index (χ0v) is 7.60. The van der Waals surface area contributed by atoms with Crippen LogP contribution in [-0.2, 0) is 0 Å². The molecule has 0 bridgehead atoms. The molecule has 0 saturated carbocycles. The van der Waals surface area contributed by atoms with Crippen LogP contribution in [0.3, 0.4) is 0 Å². The molecular weight excluding hydrogens is 140 g/mol. The van der Waals surface area contributed by atoms with Crippen molar-refractivity contribution in [2.24, 2.45) is 10.5 Å². The molecular formula is C8H16N2O. The molecule has 0 aromatic heterocycles. The van der Waals surface area contributed by atoms with Crippen LogP contribution in [0.15, 0.2) is 16.4 Å². The lowest BCUT2D eigenvalue weighted by molar-refractivity contribution is 0.364. The normalized spacial score (nSPS) is 14.2. The van der Waals surface area contributed by atoms with Gasteiger partial charge in [-0.2, -0.15) is 5.11 Å². The zero-order chi connectivity index (χ0) is 9.07. The first kappa shape index (κ1) is 10.1. The summed E-state index contributed by atoms with van der Waals surface area (Å²) in [7, 11) is 0. The van der Waals surface area contributed by atoms with Gasteiger partial charge in [0.2, 0.25) is 0 Å². The van der Waals surface area contributed by atoms with Gasteiger partial charge in [-0.25, -0.2) is 5.53 Å². The third-order valence-corrected chi connectivity index (χ3v) is 1.79. The Morgan fingerprint density at radius 2 is 1.91 bits per heavy atom. The molecule has 0 spiro atoms. The van der Waals surface area contributed by atoms with E-state index in [4.69, 9.17) is 5.53 Å². The Morgan fingerprint density at radius 3 is 2.18 bits per heavy atom. The highest BCUT2D eigenvalue weighted by Gasteiger charge is 2.16. The number of hydrogen-bond donors (Lipinski definition) is 2. The monoisotopic (exact) mass is 156 g/mol. The van der Waals surface area contributed by atoms with Crippen molar-refractivity contribution in [3.8, 4) is 0 Å². The first-order valence-electron chi connectivity index (χ1n) is 3.62. The molecule has 0 aromatic carbocycles. The number of aliphatic hydroxyl groups is 1. The molecule has 0 heterocycles. The quantitative estimate of drug-likeness (QED) is 0.468. The average Bonchev–Trinajstić information content (AvgIpc) is 1.85. The summed E-state index contributed by atoms with van der Waals surface area (Å²) in [5, 5.41) is 12.4. The van der Waals surface area contributed by atoms with Gasteiger partial charge in [0.15, 0.2) is 0 Å². The molecule has 64 valence electrons. The first-order chi connectivity index (χ1) is 4.89. The predicted molar refractivity (Wildman–Crippen MR) is 44.8 cm³/mol. The zero-order valence-electron chi connectivity index (χ0n) is 7.60. The van der Waals surface area contributed by atoms with Gasteiger partial charge in [0.1, 0.15) is 12.3 Å². The Kier molecular flexibility index (Phi) is 3.23. The second-order valence-electron chi connectivity index (χ2n) is 3.64.